The Bertz CT molecular complexity index is 206. The van der Waals surface area contributed by atoms with Crippen molar-refractivity contribution in [3.63, 3.8) is 0 Å². The zero-order valence-electron chi connectivity index (χ0n) is 4.34. The second-order valence-electron chi connectivity index (χ2n) is 1.38. The van der Waals surface area contributed by atoms with Crippen molar-refractivity contribution in [3.05, 3.63) is 22.8 Å². The molecule has 1 rings (SSSR count). The van der Waals surface area contributed by atoms with Gasteiger partial charge in [0, 0.05) is 0 Å². The van der Waals surface area contributed by atoms with Crippen LogP contribution >= 0.6 is 28.1 Å². The maximum Gasteiger partial charge on any atom is 0.130 e. The molecule has 0 spiro atoms. The van der Waals surface area contributed by atoms with Gasteiger partial charge in [-0.2, -0.15) is 3.89 Å². The predicted molar refractivity (Wildman–Crippen MR) is 38.9 cm³/mol. The van der Waals surface area contributed by atoms with Gasteiger partial charge in [0.2, 0.25) is 0 Å². The molecule has 0 aliphatic heterocycles. The van der Waals surface area contributed by atoms with Gasteiger partial charge in [0.05, 0.1) is 0 Å². The van der Waals surface area contributed by atoms with Crippen molar-refractivity contribution >= 4 is 28.1 Å². The SMILES string of the molecule is FSc1cccc(Br)n1. The van der Waals surface area contributed by atoms with Crippen LogP contribution in [0.2, 0.25) is 0 Å². The number of halogens is 2. The highest BCUT2D eigenvalue weighted by atomic mass is 79.9. The molecule has 1 aromatic rings. The first-order valence-corrected chi connectivity index (χ1v) is 3.75. The molecule has 0 amide bonds. The van der Waals surface area contributed by atoms with Gasteiger partial charge in [-0.15, -0.1) is 0 Å². The molecule has 0 atom stereocenters. The van der Waals surface area contributed by atoms with E-state index in [9.17, 15) is 3.89 Å². The first-order valence-electron chi connectivity index (χ1n) is 2.24. The predicted octanol–water partition coefficient (Wildman–Crippen LogP) is 2.82. The minimum Gasteiger partial charge on any atom is -0.232 e. The Balaban J connectivity index is 2.94. The Labute approximate surface area is 65.1 Å². The number of hydrogen-bond donors (Lipinski definition) is 0. The molecule has 4 heteroatoms. The van der Waals surface area contributed by atoms with Gasteiger partial charge in [-0.3, -0.25) is 0 Å². The van der Waals surface area contributed by atoms with Crippen LogP contribution in [0.1, 0.15) is 0 Å². The second kappa shape index (κ2) is 3.17. The number of pyridine rings is 1. The van der Waals surface area contributed by atoms with Crippen molar-refractivity contribution in [3.8, 4) is 0 Å². The molecule has 48 valence electrons. The van der Waals surface area contributed by atoms with Crippen molar-refractivity contribution in [1.82, 2.24) is 4.98 Å². The van der Waals surface area contributed by atoms with E-state index in [-0.39, 0.29) is 12.1 Å². The van der Waals surface area contributed by atoms with E-state index >= 15 is 0 Å². The fourth-order valence-electron chi connectivity index (χ4n) is 0.433. The average molecular weight is 208 g/mol. The lowest BCUT2D eigenvalue weighted by Gasteiger charge is -1.89. The van der Waals surface area contributed by atoms with Crippen LogP contribution in [-0.4, -0.2) is 4.98 Å². The van der Waals surface area contributed by atoms with E-state index in [4.69, 9.17) is 0 Å². The molecule has 0 aliphatic carbocycles. The summed E-state index contributed by atoms with van der Waals surface area (Å²) in [6, 6.07) is 5.09. The minimum absolute atomic E-state index is 0.142. The molecule has 0 saturated heterocycles. The monoisotopic (exact) mass is 207 g/mol. The minimum atomic E-state index is 0.142. The summed E-state index contributed by atoms with van der Waals surface area (Å²) >= 11 is 3.25. The fourth-order valence-corrected chi connectivity index (χ4v) is 1.16. The standard InChI is InChI=1S/C5H3BrFNS/c6-4-2-1-3-5(8-4)9-7/h1-3H. The molecular weight excluding hydrogens is 205 g/mol. The van der Waals surface area contributed by atoms with E-state index < -0.39 is 0 Å². The maximum absolute atomic E-state index is 11.7. The molecule has 0 aliphatic rings. The van der Waals surface area contributed by atoms with Crippen LogP contribution in [0.5, 0.6) is 0 Å². The summed E-state index contributed by atoms with van der Waals surface area (Å²) in [4.78, 5) is 3.80. The maximum atomic E-state index is 11.7. The Morgan fingerprint density at radius 3 is 2.78 bits per heavy atom. The van der Waals surface area contributed by atoms with E-state index in [1.807, 2.05) is 0 Å². The number of aromatic nitrogens is 1. The van der Waals surface area contributed by atoms with Gasteiger partial charge < -0.3 is 0 Å². The lowest BCUT2D eigenvalue weighted by molar-refractivity contribution is 0.917. The van der Waals surface area contributed by atoms with Gasteiger partial charge in [-0.05, 0) is 28.1 Å². The fraction of sp³-hybridized carbons (Fsp3) is 0. The summed E-state index contributed by atoms with van der Waals surface area (Å²) in [5.74, 6) is 0. The Hall–Kier alpha value is -0.0900. The third-order valence-electron chi connectivity index (χ3n) is 0.769. The van der Waals surface area contributed by atoms with Gasteiger partial charge >= 0.3 is 0 Å². The van der Waals surface area contributed by atoms with Crippen LogP contribution in [0.15, 0.2) is 27.8 Å². The lowest BCUT2D eigenvalue weighted by Crippen LogP contribution is -1.75. The molecular formula is C5H3BrFNS. The molecule has 0 radical (unpaired) electrons. The molecule has 1 nitrogen and oxygen atoms in total. The van der Waals surface area contributed by atoms with Gasteiger partial charge in [0.1, 0.15) is 21.8 Å². The van der Waals surface area contributed by atoms with Crippen LogP contribution in [0.3, 0.4) is 0 Å². The van der Waals surface area contributed by atoms with Crippen LogP contribution in [-0.2, 0) is 0 Å². The van der Waals surface area contributed by atoms with Gasteiger partial charge in [-0.25, -0.2) is 4.98 Å². The molecule has 1 heterocycles. The first kappa shape index (κ1) is 7.02. The van der Waals surface area contributed by atoms with Crippen molar-refractivity contribution in [2.75, 3.05) is 0 Å². The molecule has 0 N–H and O–H groups in total. The van der Waals surface area contributed by atoms with Crippen LogP contribution in [0.25, 0.3) is 0 Å². The van der Waals surface area contributed by atoms with Crippen molar-refractivity contribution < 1.29 is 3.89 Å². The van der Waals surface area contributed by atoms with Gasteiger partial charge in [-0.1, -0.05) is 6.07 Å². The largest absolute Gasteiger partial charge is 0.232 e. The molecule has 0 saturated carbocycles. The van der Waals surface area contributed by atoms with Crippen LogP contribution in [0.4, 0.5) is 3.89 Å². The van der Waals surface area contributed by atoms with E-state index in [1.165, 1.54) is 0 Å². The molecule has 0 fully saturated rings. The zero-order chi connectivity index (χ0) is 6.69. The van der Waals surface area contributed by atoms with Crippen molar-refractivity contribution in [1.29, 1.82) is 0 Å². The third-order valence-corrected chi connectivity index (χ3v) is 1.60. The zero-order valence-corrected chi connectivity index (χ0v) is 6.75. The van der Waals surface area contributed by atoms with E-state index in [1.54, 1.807) is 18.2 Å². The number of hydrogen-bond acceptors (Lipinski definition) is 2. The van der Waals surface area contributed by atoms with Crippen LogP contribution < -0.4 is 0 Å². The lowest BCUT2D eigenvalue weighted by atomic mass is 10.5. The average Bonchev–Trinajstić information content (AvgIpc) is 1.88. The highest BCUT2D eigenvalue weighted by molar-refractivity contribution is 9.10. The number of nitrogens with zero attached hydrogens (tertiary/aromatic N) is 1. The van der Waals surface area contributed by atoms with E-state index in [0.29, 0.717) is 9.63 Å². The summed E-state index contributed by atoms with van der Waals surface area (Å²) in [6.45, 7) is 0. The Kier molecular flexibility index (Phi) is 2.48. The summed E-state index contributed by atoms with van der Waals surface area (Å²) < 4.78 is 12.4. The van der Waals surface area contributed by atoms with Crippen molar-refractivity contribution in [2.24, 2.45) is 0 Å². The number of rotatable bonds is 1. The quantitative estimate of drug-likeness (QED) is 0.658. The molecule has 0 aromatic carbocycles. The first-order chi connectivity index (χ1) is 4.33. The Morgan fingerprint density at radius 2 is 2.33 bits per heavy atom. The smallest absolute Gasteiger partial charge is 0.130 e. The summed E-state index contributed by atoms with van der Waals surface area (Å²) in [5.41, 5.74) is 0. The van der Waals surface area contributed by atoms with E-state index in [2.05, 4.69) is 20.9 Å². The van der Waals surface area contributed by atoms with Gasteiger partial charge in [0.25, 0.3) is 0 Å². The summed E-state index contributed by atoms with van der Waals surface area (Å²) in [7, 11) is 0. The van der Waals surface area contributed by atoms with Gasteiger partial charge in [0.15, 0.2) is 0 Å². The molecule has 9 heavy (non-hydrogen) atoms. The summed E-state index contributed by atoms with van der Waals surface area (Å²) in [5, 5.41) is 0.379. The Morgan fingerprint density at radius 1 is 1.56 bits per heavy atom. The summed E-state index contributed by atoms with van der Waals surface area (Å²) in [6.07, 6.45) is 0. The van der Waals surface area contributed by atoms with Crippen LogP contribution in [0, 0.1) is 0 Å². The third kappa shape index (κ3) is 1.95. The topological polar surface area (TPSA) is 12.9 Å². The highest BCUT2D eigenvalue weighted by Crippen LogP contribution is 2.17. The molecule has 0 bridgehead atoms. The molecule has 0 unspecified atom stereocenters. The van der Waals surface area contributed by atoms with Crippen molar-refractivity contribution in [2.45, 2.75) is 5.03 Å². The molecule has 1 aromatic heterocycles. The normalized spacial score (nSPS) is 9.56. The highest BCUT2D eigenvalue weighted by Gasteiger charge is 1.92. The second-order valence-corrected chi connectivity index (χ2v) is 2.76. The van der Waals surface area contributed by atoms with E-state index in [0.717, 1.165) is 0 Å².